The van der Waals surface area contributed by atoms with Gasteiger partial charge in [-0.05, 0) is 49.4 Å². The number of nitrogens with zero attached hydrogens (tertiary/aromatic N) is 1. The van der Waals surface area contributed by atoms with E-state index in [-0.39, 0.29) is 22.9 Å². The number of imidazole rings is 1. The topological polar surface area (TPSA) is 91.9 Å². The fourth-order valence-electron chi connectivity index (χ4n) is 3.17. The van der Waals surface area contributed by atoms with Crippen LogP contribution in [0, 0.1) is 12.7 Å². The lowest BCUT2D eigenvalue weighted by atomic mass is 10.2. The number of aromatic nitrogens is 2. The van der Waals surface area contributed by atoms with E-state index in [0.717, 1.165) is 5.56 Å². The maximum Gasteiger partial charge on any atom is 0.225 e. The van der Waals surface area contributed by atoms with Crippen molar-refractivity contribution in [1.82, 2.24) is 9.97 Å². The Labute approximate surface area is 179 Å². The molecule has 4 rings (SSSR count). The number of carbonyl (C=O) groups is 1. The SMILES string of the molecule is Cc1ccc(S(=O)(=O)CCC(=O)Nc2ccc3nc(-c4cccc(F)c4)[nH]c3c2)cc1. The van der Waals surface area contributed by atoms with Crippen LogP contribution >= 0.6 is 0 Å². The fourth-order valence-corrected chi connectivity index (χ4v) is 4.41. The van der Waals surface area contributed by atoms with Crippen LogP contribution < -0.4 is 5.32 Å². The van der Waals surface area contributed by atoms with Gasteiger partial charge in [0, 0.05) is 17.7 Å². The Morgan fingerprint density at radius 2 is 1.84 bits per heavy atom. The smallest absolute Gasteiger partial charge is 0.225 e. The van der Waals surface area contributed by atoms with Gasteiger partial charge in [0.25, 0.3) is 0 Å². The largest absolute Gasteiger partial charge is 0.338 e. The minimum absolute atomic E-state index is 0.161. The molecule has 2 N–H and O–H groups in total. The first-order valence-electron chi connectivity index (χ1n) is 9.65. The van der Waals surface area contributed by atoms with E-state index in [1.807, 2.05) is 6.92 Å². The number of fused-ring (bicyclic) bond motifs is 1. The second-order valence-electron chi connectivity index (χ2n) is 7.26. The molecule has 4 aromatic rings. The van der Waals surface area contributed by atoms with Gasteiger partial charge in [0.05, 0.1) is 21.7 Å². The van der Waals surface area contributed by atoms with Crippen molar-refractivity contribution >= 4 is 32.5 Å². The third-order valence-corrected chi connectivity index (χ3v) is 6.57. The van der Waals surface area contributed by atoms with Crippen LogP contribution in [0.2, 0.25) is 0 Å². The number of carbonyl (C=O) groups excluding carboxylic acids is 1. The molecule has 0 saturated carbocycles. The molecule has 1 amide bonds. The van der Waals surface area contributed by atoms with Crippen LogP contribution in [-0.2, 0) is 14.6 Å². The molecule has 158 valence electrons. The summed E-state index contributed by atoms with van der Waals surface area (Å²) in [6, 6.07) is 17.8. The number of amides is 1. The Balaban J connectivity index is 1.44. The molecule has 3 aromatic carbocycles. The first-order valence-corrected chi connectivity index (χ1v) is 11.3. The van der Waals surface area contributed by atoms with Crippen molar-refractivity contribution in [3.63, 3.8) is 0 Å². The summed E-state index contributed by atoms with van der Waals surface area (Å²) in [6.45, 7) is 1.88. The first-order chi connectivity index (χ1) is 14.8. The predicted octanol–water partition coefficient (Wildman–Crippen LogP) is 4.48. The van der Waals surface area contributed by atoms with Gasteiger partial charge in [-0.2, -0.15) is 0 Å². The molecule has 0 unspecified atom stereocenters. The third kappa shape index (κ3) is 4.80. The number of sulfone groups is 1. The molecule has 0 radical (unpaired) electrons. The van der Waals surface area contributed by atoms with Crippen molar-refractivity contribution in [2.75, 3.05) is 11.1 Å². The van der Waals surface area contributed by atoms with Crippen molar-refractivity contribution in [1.29, 1.82) is 0 Å². The normalized spacial score (nSPS) is 11.5. The average Bonchev–Trinajstić information content (AvgIpc) is 3.16. The van der Waals surface area contributed by atoms with Gasteiger partial charge in [-0.3, -0.25) is 4.79 Å². The summed E-state index contributed by atoms with van der Waals surface area (Å²) in [6.07, 6.45) is -0.161. The first kappa shape index (κ1) is 20.7. The maximum atomic E-state index is 13.5. The van der Waals surface area contributed by atoms with Gasteiger partial charge in [0.1, 0.15) is 11.6 Å². The van der Waals surface area contributed by atoms with Crippen molar-refractivity contribution in [2.24, 2.45) is 0 Å². The molecular formula is C23H20FN3O3S. The summed E-state index contributed by atoms with van der Waals surface area (Å²) in [7, 11) is -3.54. The summed E-state index contributed by atoms with van der Waals surface area (Å²) in [5.74, 6) is -0.522. The summed E-state index contributed by atoms with van der Waals surface area (Å²) in [5.41, 5.74) is 3.43. The van der Waals surface area contributed by atoms with Crippen LogP contribution in [0.5, 0.6) is 0 Å². The third-order valence-electron chi connectivity index (χ3n) is 4.84. The number of rotatable bonds is 6. The number of H-pyrrole nitrogens is 1. The molecule has 0 aliphatic heterocycles. The lowest BCUT2D eigenvalue weighted by Crippen LogP contribution is -2.17. The standard InChI is InChI=1S/C23H20FN3O3S/c1-15-5-8-19(9-6-15)31(29,30)12-11-22(28)25-18-7-10-20-21(14-18)27-23(26-20)16-3-2-4-17(24)13-16/h2-10,13-14H,11-12H2,1H3,(H,25,28)(H,26,27). The number of aromatic amines is 1. The predicted molar refractivity (Wildman–Crippen MR) is 118 cm³/mol. The van der Waals surface area contributed by atoms with Crippen molar-refractivity contribution in [3.05, 3.63) is 78.1 Å². The lowest BCUT2D eigenvalue weighted by molar-refractivity contribution is -0.115. The number of hydrogen-bond donors (Lipinski definition) is 2. The molecule has 0 bridgehead atoms. The Hall–Kier alpha value is -3.52. The molecule has 0 aliphatic carbocycles. The number of anilines is 1. The van der Waals surface area contributed by atoms with Crippen molar-refractivity contribution in [2.45, 2.75) is 18.2 Å². The van der Waals surface area contributed by atoms with Gasteiger partial charge >= 0.3 is 0 Å². The average molecular weight is 437 g/mol. The van der Waals surface area contributed by atoms with Gasteiger partial charge in [-0.15, -0.1) is 0 Å². The van der Waals surface area contributed by atoms with Gasteiger partial charge in [0.15, 0.2) is 9.84 Å². The van der Waals surface area contributed by atoms with Gasteiger partial charge in [0.2, 0.25) is 5.91 Å². The number of halogens is 1. The highest BCUT2D eigenvalue weighted by Gasteiger charge is 2.16. The van der Waals surface area contributed by atoms with E-state index in [2.05, 4.69) is 15.3 Å². The Morgan fingerprint density at radius 1 is 1.06 bits per heavy atom. The second kappa shape index (κ2) is 8.31. The molecule has 0 atom stereocenters. The van der Waals surface area contributed by atoms with Crippen LogP contribution in [0.15, 0.2) is 71.6 Å². The van der Waals surface area contributed by atoms with E-state index >= 15 is 0 Å². The maximum absolute atomic E-state index is 13.5. The van der Waals surface area contributed by atoms with E-state index in [0.29, 0.717) is 28.1 Å². The second-order valence-corrected chi connectivity index (χ2v) is 9.37. The van der Waals surface area contributed by atoms with Gasteiger partial charge in [-0.25, -0.2) is 17.8 Å². The van der Waals surface area contributed by atoms with Crippen LogP contribution in [0.3, 0.4) is 0 Å². The number of benzene rings is 3. The molecular weight excluding hydrogens is 417 g/mol. The lowest BCUT2D eigenvalue weighted by Gasteiger charge is -2.07. The molecule has 8 heteroatoms. The van der Waals surface area contributed by atoms with E-state index in [1.165, 1.54) is 12.1 Å². The highest BCUT2D eigenvalue weighted by atomic mass is 32.2. The molecule has 0 aliphatic rings. The zero-order chi connectivity index (χ0) is 22.0. The minimum Gasteiger partial charge on any atom is -0.338 e. The monoisotopic (exact) mass is 437 g/mol. The van der Waals surface area contributed by atoms with Crippen LogP contribution in [0.1, 0.15) is 12.0 Å². The van der Waals surface area contributed by atoms with Gasteiger partial charge in [-0.1, -0.05) is 29.8 Å². The summed E-state index contributed by atoms with van der Waals surface area (Å²) < 4.78 is 38.3. The quantitative estimate of drug-likeness (QED) is 0.465. The van der Waals surface area contributed by atoms with Crippen LogP contribution in [0.4, 0.5) is 10.1 Å². The molecule has 0 fully saturated rings. The van der Waals surface area contributed by atoms with E-state index < -0.39 is 15.7 Å². The summed E-state index contributed by atoms with van der Waals surface area (Å²) >= 11 is 0. The Kier molecular flexibility index (Phi) is 5.56. The molecule has 1 heterocycles. The highest BCUT2D eigenvalue weighted by molar-refractivity contribution is 7.91. The van der Waals surface area contributed by atoms with Gasteiger partial charge < -0.3 is 10.3 Å². The zero-order valence-corrected chi connectivity index (χ0v) is 17.5. The van der Waals surface area contributed by atoms with Crippen LogP contribution in [0.25, 0.3) is 22.4 Å². The van der Waals surface area contributed by atoms with Crippen molar-refractivity contribution in [3.8, 4) is 11.4 Å². The van der Waals surface area contributed by atoms with Crippen molar-refractivity contribution < 1.29 is 17.6 Å². The van der Waals surface area contributed by atoms with E-state index in [4.69, 9.17) is 0 Å². The molecule has 0 saturated heterocycles. The molecule has 6 nitrogen and oxygen atoms in total. The molecule has 0 spiro atoms. The number of hydrogen-bond acceptors (Lipinski definition) is 4. The molecule has 31 heavy (non-hydrogen) atoms. The Bertz CT molecular complexity index is 1360. The number of nitrogens with one attached hydrogen (secondary N) is 2. The van der Waals surface area contributed by atoms with Crippen LogP contribution in [-0.4, -0.2) is 30.0 Å². The highest BCUT2D eigenvalue weighted by Crippen LogP contribution is 2.23. The summed E-state index contributed by atoms with van der Waals surface area (Å²) in [5, 5.41) is 2.71. The molecule has 1 aromatic heterocycles. The zero-order valence-electron chi connectivity index (χ0n) is 16.7. The fraction of sp³-hybridized carbons (Fsp3) is 0.130. The van der Waals surface area contributed by atoms with E-state index in [9.17, 15) is 17.6 Å². The number of aryl methyl sites for hydroxylation is 1. The summed E-state index contributed by atoms with van der Waals surface area (Å²) in [4.78, 5) is 20.1. The minimum atomic E-state index is -3.54. The Morgan fingerprint density at radius 3 is 2.58 bits per heavy atom. The van der Waals surface area contributed by atoms with E-state index in [1.54, 1.807) is 54.6 Å².